The number of rotatable bonds is 4. The Morgan fingerprint density at radius 1 is 1.59 bits per heavy atom. The Balaban J connectivity index is 2.10. The van der Waals surface area contributed by atoms with E-state index in [9.17, 15) is 9.59 Å². The van der Waals surface area contributed by atoms with Crippen molar-refractivity contribution in [3.05, 3.63) is 33.8 Å². The first kappa shape index (κ1) is 16.2. The summed E-state index contributed by atoms with van der Waals surface area (Å²) in [4.78, 5) is 22.1. The molecule has 0 spiro atoms. The second-order valence-corrected chi connectivity index (χ2v) is 6.20. The van der Waals surface area contributed by atoms with Gasteiger partial charge in [-0.15, -0.1) is 5.10 Å². The third kappa shape index (κ3) is 3.93. The van der Waals surface area contributed by atoms with Crippen molar-refractivity contribution in [2.24, 2.45) is 10.2 Å². The minimum absolute atomic E-state index is 0.237. The van der Waals surface area contributed by atoms with Gasteiger partial charge in [0.15, 0.2) is 5.17 Å². The number of aliphatic carboxylic acids is 1. The van der Waals surface area contributed by atoms with Gasteiger partial charge in [-0.1, -0.05) is 23.9 Å². The number of hydrogen-bond donors (Lipinski definition) is 2. The molecule has 9 heteroatoms. The Bertz CT molecular complexity index is 726. The van der Waals surface area contributed by atoms with Crippen LogP contribution in [0.25, 0.3) is 0 Å². The second-order valence-electron chi connectivity index (χ2n) is 4.16. The number of carboxylic acid groups (broad SMARTS) is 1. The predicted molar refractivity (Wildman–Crippen MR) is 85.7 cm³/mol. The number of nitriles is 1. The molecular weight excluding hydrogens is 372 g/mol. The predicted octanol–water partition coefficient (Wildman–Crippen LogP) is 1.72. The Morgan fingerprint density at radius 2 is 2.36 bits per heavy atom. The first-order valence-electron chi connectivity index (χ1n) is 6.00. The van der Waals surface area contributed by atoms with E-state index >= 15 is 0 Å². The number of hydrogen-bond acceptors (Lipinski definition) is 6. The number of thioether (sulfide) groups is 1. The smallest absolute Gasteiger partial charge is 0.305 e. The summed E-state index contributed by atoms with van der Waals surface area (Å²) in [6.45, 7) is 0. The minimum Gasteiger partial charge on any atom is -0.481 e. The van der Waals surface area contributed by atoms with E-state index in [1.165, 1.54) is 6.21 Å². The number of carboxylic acids is 1. The molecule has 1 heterocycles. The number of amides is 1. The maximum absolute atomic E-state index is 11.5. The van der Waals surface area contributed by atoms with E-state index in [-0.39, 0.29) is 11.6 Å². The normalized spacial score (nSPS) is 19.4. The lowest BCUT2D eigenvalue weighted by atomic mass is 10.1. The van der Waals surface area contributed by atoms with Gasteiger partial charge in [0.25, 0.3) is 0 Å². The second kappa shape index (κ2) is 7.20. The van der Waals surface area contributed by atoms with Crippen molar-refractivity contribution in [3.63, 3.8) is 0 Å². The van der Waals surface area contributed by atoms with Crippen LogP contribution in [0.4, 0.5) is 0 Å². The fourth-order valence-electron chi connectivity index (χ4n) is 1.66. The molecule has 22 heavy (non-hydrogen) atoms. The summed E-state index contributed by atoms with van der Waals surface area (Å²) in [6.07, 6.45) is 1.12. The molecule has 1 atom stereocenters. The fourth-order valence-corrected chi connectivity index (χ4v) is 3.04. The first-order valence-corrected chi connectivity index (χ1v) is 7.67. The van der Waals surface area contributed by atoms with Crippen molar-refractivity contribution in [2.45, 2.75) is 11.7 Å². The highest BCUT2D eigenvalue weighted by Crippen LogP contribution is 2.22. The van der Waals surface area contributed by atoms with Crippen LogP contribution in [0, 0.1) is 11.3 Å². The van der Waals surface area contributed by atoms with Crippen LogP contribution in [-0.4, -0.2) is 33.6 Å². The topological polar surface area (TPSA) is 115 Å². The van der Waals surface area contributed by atoms with Crippen LogP contribution >= 0.6 is 27.7 Å². The lowest BCUT2D eigenvalue weighted by Gasteiger charge is -1.98. The monoisotopic (exact) mass is 380 g/mol. The molecule has 1 saturated heterocycles. The third-order valence-corrected chi connectivity index (χ3v) is 4.37. The van der Waals surface area contributed by atoms with Crippen LogP contribution in [0.15, 0.2) is 32.9 Å². The fraction of sp³-hybridized carbons (Fsp3) is 0.154. The summed E-state index contributed by atoms with van der Waals surface area (Å²) in [5.74, 6) is -1.45. The molecule has 0 bridgehead atoms. The van der Waals surface area contributed by atoms with Gasteiger partial charge < -0.3 is 10.4 Å². The lowest BCUT2D eigenvalue weighted by Crippen LogP contribution is -2.26. The van der Waals surface area contributed by atoms with Crippen LogP contribution < -0.4 is 5.32 Å². The Hall–Kier alpha value is -2.18. The zero-order valence-electron chi connectivity index (χ0n) is 11.0. The highest BCUT2D eigenvalue weighted by molar-refractivity contribution is 9.10. The van der Waals surface area contributed by atoms with Gasteiger partial charge in [-0.05, 0) is 22.0 Å². The number of nitrogens with zero attached hydrogens (tertiary/aromatic N) is 3. The number of carbonyl (C=O) groups is 2. The van der Waals surface area contributed by atoms with Gasteiger partial charge in [0.05, 0.1) is 18.2 Å². The van der Waals surface area contributed by atoms with Gasteiger partial charge in [-0.25, -0.2) is 0 Å². The molecule has 1 fully saturated rings. The van der Waals surface area contributed by atoms with Crippen LogP contribution in [0.3, 0.4) is 0 Å². The van der Waals surface area contributed by atoms with Gasteiger partial charge >= 0.3 is 5.97 Å². The summed E-state index contributed by atoms with van der Waals surface area (Å²) in [5, 5.41) is 27.4. The third-order valence-electron chi connectivity index (χ3n) is 2.64. The zero-order valence-corrected chi connectivity index (χ0v) is 13.4. The van der Waals surface area contributed by atoms with Gasteiger partial charge in [0, 0.05) is 10.0 Å². The van der Waals surface area contributed by atoms with Crippen molar-refractivity contribution in [3.8, 4) is 6.07 Å². The van der Waals surface area contributed by atoms with Crippen LogP contribution in [0.2, 0.25) is 0 Å². The first-order chi connectivity index (χ1) is 10.5. The molecule has 2 N–H and O–H groups in total. The largest absolute Gasteiger partial charge is 0.481 e. The SMILES string of the molecule is N#Cc1c(Br)cccc1C=NN=C1NC(=O)C(CC(=O)O)S1. The molecular formula is C13H9BrN4O3S. The Labute approximate surface area is 138 Å². The number of halogens is 1. The van der Waals surface area contributed by atoms with Crippen molar-refractivity contribution in [1.29, 1.82) is 5.26 Å². The van der Waals surface area contributed by atoms with E-state index in [1.807, 2.05) is 0 Å². The number of benzene rings is 1. The van der Waals surface area contributed by atoms with E-state index in [1.54, 1.807) is 18.2 Å². The molecule has 0 aromatic heterocycles. The standard InChI is InChI=1S/C13H9BrN4O3S/c14-9-3-1-2-7(8(9)5-15)6-16-18-13-17-12(21)10(22-13)4-11(19)20/h1-3,6,10H,4H2,(H,19,20)(H,17,18,21). The maximum atomic E-state index is 11.5. The summed E-state index contributed by atoms with van der Waals surface area (Å²) < 4.78 is 0.650. The molecule has 1 aromatic rings. The van der Waals surface area contributed by atoms with Gasteiger partial charge in [0.2, 0.25) is 5.91 Å². The lowest BCUT2D eigenvalue weighted by molar-refractivity contribution is -0.138. The molecule has 0 saturated carbocycles. The minimum atomic E-state index is -1.05. The average Bonchev–Trinajstić information content (AvgIpc) is 2.78. The highest BCUT2D eigenvalue weighted by atomic mass is 79.9. The molecule has 1 amide bonds. The molecule has 1 aliphatic heterocycles. The average molecular weight is 381 g/mol. The number of carbonyl (C=O) groups excluding carboxylic acids is 1. The zero-order chi connectivity index (χ0) is 16.1. The number of nitrogens with one attached hydrogen (secondary N) is 1. The highest BCUT2D eigenvalue weighted by Gasteiger charge is 2.32. The maximum Gasteiger partial charge on any atom is 0.305 e. The summed E-state index contributed by atoms with van der Waals surface area (Å²) >= 11 is 4.28. The van der Waals surface area contributed by atoms with E-state index < -0.39 is 17.1 Å². The van der Waals surface area contributed by atoms with E-state index in [2.05, 4.69) is 37.5 Å². The van der Waals surface area contributed by atoms with Crippen molar-refractivity contribution in [2.75, 3.05) is 0 Å². The molecule has 1 aromatic carbocycles. The van der Waals surface area contributed by atoms with Crippen molar-refractivity contribution < 1.29 is 14.7 Å². The quantitative estimate of drug-likeness (QED) is 0.609. The van der Waals surface area contributed by atoms with Crippen LogP contribution in [-0.2, 0) is 9.59 Å². The summed E-state index contributed by atoms with van der Waals surface area (Å²) in [5.41, 5.74) is 1.01. The summed E-state index contributed by atoms with van der Waals surface area (Å²) in [6, 6.07) is 7.26. The molecule has 0 radical (unpaired) electrons. The van der Waals surface area contributed by atoms with Crippen molar-refractivity contribution in [1.82, 2.24) is 5.32 Å². The summed E-state index contributed by atoms with van der Waals surface area (Å²) in [7, 11) is 0. The molecule has 2 rings (SSSR count). The van der Waals surface area contributed by atoms with Gasteiger partial charge in [-0.2, -0.15) is 10.4 Å². The van der Waals surface area contributed by atoms with Gasteiger partial charge in [-0.3, -0.25) is 9.59 Å². The molecule has 7 nitrogen and oxygen atoms in total. The van der Waals surface area contributed by atoms with Crippen molar-refractivity contribution >= 4 is 51.0 Å². The van der Waals surface area contributed by atoms with Crippen LogP contribution in [0.1, 0.15) is 17.5 Å². The van der Waals surface area contributed by atoms with E-state index in [0.717, 1.165) is 11.8 Å². The molecule has 1 unspecified atom stereocenters. The van der Waals surface area contributed by atoms with Gasteiger partial charge in [0.1, 0.15) is 11.3 Å². The van der Waals surface area contributed by atoms with E-state index in [0.29, 0.717) is 15.6 Å². The Kier molecular flexibility index (Phi) is 5.30. The Morgan fingerprint density at radius 3 is 3.05 bits per heavy atom. The van der Waals surface area contributed by atoms with E-state index in [4.69, 9.17) is 10.4 Å². The molecule has 112 valence electrons. The molecule has 0 aliphatic carbocycles. The molecule has 1 aliphatic rings. The number of amidine groups is 1. The van der Waals surface area contributed by atoms with Crippen LogP contribution in [0.5, 0.6) is 0 Å².